The molecule has 0 bridgehead atoms. The summed E-state index contributed by atoms with van der Waals surface area (Å²) in [5.41, 5.74) is -0.386. The van der Waals surface area contributed by atoms with E-state index < -0.39 is 11.6 Å². The van der Waals surface area contributed by atoms with Crippen molar-refractivity contribution in [2.24, 2.45) is 0 Å². The standard InChI is InChI=1S/C10H17N3O3/c1-4-7-8(9(14)15)11-12-13(7)6-10(3,16)5-2/h16H,4-6H2,1-3H3,(H,14,15). The van der Waals surface area contributed by atoms with Gasteiger partial charge in [0.1, 0.15) is 0 Å². The summed E-state index contributed by atoms with van der Waals surface area (Å²) in [5, 5.41) is 26.2. The van der Waals surface area contributed by atoms with Gasteiger partial charge in [-0.1, -0.05) is 19.1 Å². The van der Waals surface area contributed by atoms with Gasteiger partial charge in [0.2, 0.25) is 0 Å². The van der Waals surface area contributed by atoms with Crippen molar-refractivity contribution in [3.63, 3.8) is 0 Å². The van der Waals surface area contributed by atoms with Gasteiger partial charge in [-0.15, -0.1) is 5.10 Å². The monoisotopic (exact) mass is 227 g/mol. The topological polar surface area (TPSA) is 88.2 Å². The van der Waals surface area contributed by atoms with Gasteiger partial charge in [0, 0.05) is 0 Å². The molecule has 0 aliphatic heterocycles. The second kappa shape index (κ2) is 4.61. The van der Waals surface area contributed by atoms with Gasteiger partial charge >= 0.3 is 5.97 Å². The molecule has 1 heterocycles. The Balaban J connectivity index is 3.02. The smallest absolute Gasteiger partial charge is 0.358 e. The Morgan fingerprint density at radius 1 is 1.50 bits per heavy atom. The fraction of sp³-hybridized carbons (Fsp3) is 0.700. The minimum Gasteiger partial charge on any atom is -0.476 e. The minimum absolute atomic E-state index is 0.0330. The molecule has 6 nitrogen and oxygen atoms in total. The molecule has 1 aromatic heterocycles. The van der Waals surface area contributed by atoms with E-state index in [1.54, 1.807) is 6.92 Å². The van der Waals surface area contributed by atoms with Crippen LogP contribution in [0.2, 0.25) is 0 Å². The first-order chi connectivity index (χ1) is 7.41. The molecule has 0 saturated heterocycles. The third-order valence-corrected chi connectivity index (χ3v) is 2.63. The Bertz CT molecular complexity index is 385. The van der Waals surface area contributed by atoms with E-state index in [0.29, 0.717) is 18.5 Å². The fourth-order valence-electron chi connectivity index (χ4n) is 1.41. The maximum atomic E-state index is 10.9. The number of carboxylic acid groups (broad SMARTS) is 1. The molecule has 2 N–H and O–H groups in total. The summed E-state index contributed by atoms with van der Waals surface area (Å²) < 4.78 is 1.47. The van der Waals surface area contributed by atoms with Crippen molar-refractivity contribution in [3.05, 3.63) is 11.4 Å². The van der Waals surface area contributed by atoms with Crippen LogP contribution >= 0.6 is 0 Å². The molecule has 0 amide bonds. The molecule has 0 saturated carbocycles. The zero-order chi connectivity index (χ0) is 12.3. The summed E-state index contributed by atoms with van der Waals surface area (Å²) in [6, 6.07) is 0. The van der Waals surface area contributed by atoms with Gasteiger partial charge in [0.05, 0.1) is 17.8 Å². The molecular formula is C10H17N3O3. The molecule has 0 radical (unpaired) electrons. The average molecular weight is 227 g/mol. The van der Waals surface area contributed by atoms with Crippen molar-refractivity contribution < 1.29 is 15.0 Å². The highest BCUT2D eigenvalue weighted by Crippen LogP contribution is 2.14. The molecule has 1 aromatic rings. The lowest BCUT2D eigenvalue weighted by Gasteiger charge is -2.21. The lowest BCUT2D eigenvalue weighted by atomic mass is 10.0. The van der Waals surface area contributed by atoms with Crippen LogP contribution in [0.15, 0.2) is 0 Å². The number of carbonyl (C=O) groups is 1. The van der Waals surface area contributed by atoms with Crippen LogP contribution in [0.1, 0.15) is 43.4 Å². The summed E-state index contributed by atoms with van der Waals surface area (Å²) in [6.45, 7) is 5.64. The summed E-state index contributed by atoms with van der Waals surface area (Å²) in [5.74, 6) is -1.08. The molecule has 6 heteroatoms. The molecular weight excluding hydrogens is 210 g/mol. The van der Waals surface area contributed by atoms with Crippen LogP contribution in [-0.2, 0) is 13.0 Å². The van der Waals surface area contributed by atoms with E-state index in [4.69, 9.17) is 5.11 Å². The number of nitrogens with zero attached hydrogens (tertiary/aromatic N) is 3. The van der Waals surface area contributed by atoms with Crippen LogP contribution in [-0.4, -0.2) is 36.8 Å². The molecule has 1 unspecified atom stereocenters. The lowest BCUT2D eigenvalue weighted by molar-refractivity contribution is 0.0331. The molecule has 16 heavy (non-hydrogen) atoms. The Morgan fingerprint density at radius 3 is 2.56 bits per heavy atom. The highest BCUT2D eigenvalue weighted by Gasteiger charge is 2.24. The summed E-state index contributed by atoms with van der Waals surface area (Å²) >= 11 is 0. The number of carboxylic acids is 1. The molecule has 1 rings (SSSR count). The van der Waals surface area contributed by atoms with Crippen LogP contribution in [0, 0.1) is 0 Å². The first-order valence-corrected chi connectivity index (χ1v) is 5.29. The number of aliphatic hydroxyl groups is 1. The van der Waals surface area contributed by atoms with Gasteiger partial charge in [-0.3, -0.25) is 0 Å². The van der Waals surface area contributed by atoms with Gasteiger partial charge in [-0.25, -0.2) is 9.48 Å². The third-order valence-electron chi connectivity index (χ3n) is 2.63. The molecule has 0 aliphatic rings. The summed E-state index contributed by atoms with van der Waals surface area (Å²) in [6.07, 6.45) is 1.09. The predicted octanol–water partition coefficient (Wildman–Crippen LogP) is 0.700. The normalized spacial score (nSPS) is 14.8. The van der Waals surface area contributed by atoms with Crippen LogP contribution in [0.5, 0.6) is 0 Å². The van der Waals surface area contributed by atoms with E-state index in [1.165, 1.54) is 4.68 Å². The molecule has 0 fully saturated rings. The van der Waals surface area contributed by atoms with Crippen molar-refractivity contribution in [2.75, 3.05) is 0 Å². The molecule has 0 aliphatic carbocycles. The van der Waals surface area contributed by atoms with Crippen LogP contribution in [0.4, 0.5) is 0 Å². The van der Waals surface area contributed by atoms with Crippen LogP contribution in [0.25, 0.3) is 0 Å². The van der Waals surface area contributed by atoms with Crippen LogP contribution in [0.3, 0.4) is 0 Å². The highest BCUT2D eigenvalue weighted by atomic mass is 16.4. The fourth-order valence-corrected chi connectivity index (χ4v) is 1.41. The maximum Gasteiger partial charge on any atom is 0.358 e. The molecule has 1 atom stereocenters. The van der Waals surface area contributed by atoms with Crippen molar-refractivity contribution in [1.29, 1.82) is 0 Å². The Labute approximate surface area is 93.9 Å². The van der Waals surface area contributed by atoms with Crippen molar-refractivity contribution in [1.82, 2.24) is 15.0 Å². The SMILES string of the molecule is CCc1c(C(=O)O)nnn1CC(C)(O)CC. The zero-order valence-corrected chi connectivity index (χ0v) is 9.77. The third kappa shape index (κ3) is 2.57. The van der Waals surface area contributed by atoms with E-state index in [9.17, 15) is 9.90 Å². The van der Waals surface area contributed by atoms with Crippen molar-refractivity contribution in [2.45, 2.75) is 45.8 Å². The van der Waals surface area contributed by atoms with E-state index in [-0.39, 0.29) is 12.2 Å². The second-order valence-electron chi connectivity index (χ2n) is 4.05. The van der Waals surface area contributed by atoms with E-state index in [2.05, 4.69) is 10.3 Å². The average Bonchev–Trinajstić information content (AvgIpc) is 2.60. The molecule has 0 aromatic carbocycles. The first kappa shape index (κ1) is 12.6. The summed E-state index contributed by atoms with van der Waals surface area (Å²) in [7, 11) is 0. The van der Waals surface area contributed by atoms with Gasteiger partial charge in [-0.2, -0.15) is 0 Å². The number of aromatic nitrogens is 3. The van der Waals surface area contributed by atoms with E-state index in [0.717, 1.165) is 0 Å². The number of rotatable bonds is 5. The quantitative estimate of drug-likeness (QED) is 0.773. The maximum absolute atomic E-state index is 10.9. The lowest BCUT2D eigenvalue weighted by Crippen LogP contribution is -2.30. The van der Waals surface area contributed by atoms with Gasteiger partial charge in [0.25, 0.3) is 0 Å². The Hall–Kier alpha value is -1.43. The minimum atomic E-state index is -1.08. The first-order valence-electron chi connectivity index (χ1n) is 5.29. The largest absolute Gasteiger partial charge is 0.476 e. The number of hydrogen-bond acceptors (Lipinski definition) is 4. The van der Waals surface area contributed by atoms with Gasteiger partial charge < -0.3 is 10.2 Å². The second-order valence-corrected chi connectivity index (χ2v) is 4.05. The number of aromatic carboxylic acids is 1. The van der Waals surface area contributed by atoms with E-state index in [1.807, 2.05) is 13.8 Å². The van der Waals surface area contributed by atoms with Crippen molar-refractivity contribution in [3.8, 4) is 0 Å². The summed E-state index contributed by atoms with van der Waals surface area (Å²) in [4.78, 5) is 10.9. The molecule has 90 valence electrons. The Morgan fingerprint density at radius 2 is 2.12 bits per heavy atom. The number of hydrogen-bond donors (Lipinski definition) is 2. The van der Waals surface area contributed by atoms with Crippen LogP contribution < -0.4 is 0 Å². The van der Waals surface area contributed by atoms with Crippen molar-refractivity contribution >= 4 is 5.97 Å². The highest BCUT2D eigenvalue weighted by molar-refractivity contribution is 5.86. The van der Waals surface area contributed by atoms with Gasteiger partial charge in [-0.05, 0) is 19.8 Å². The van der Waals surface area contributed by atoms with E-state index >= 15 is 0 Å². The molecule has 0 spiro atoms. The zero-order valence-electron chi connectivity index (χ0n) is 9.77. The van der Waals surface area contributed by atoms with Gasteiger partial charge in [0.15, 0.2) is 5.69 Å². The Kier molecular flexibility index (Phi) is 3.64. The predicted molar refractivity (Wildman–Crippen MR) is 57.3 cm³/mol.